The van der Waals surface area contributed by atoms with Gasteiger partial charge in [0, 0.05) is 6.54 Å². The number of hydrogen-bond acceptors (Lipinski definition) is 3. The lowest BCUT2D eigenvalue weighted by Crippen LogP contribution is -2.23. The number of hydrogen-bond donors (Lipinski definition) is 1. The Balaban J connectivity index is 2.49. The van der Waals surface area contributed by atoms with Crippen molar-refractivity contribution in [2.75, 3.05) is 33.8 Å². The smallest absolute Gasteiger partial charge is 0.124 e. The van der Waals surface area contributed by atoms with Crippen LogP contribution < -0.4 is 10.5 Å². The molecule has 0 aliphatic carbocycles. The van der Waals surface area contributed by atoms with Gasteiger partial charge in [-0.25, -0.2) is 0 Å². The van der Waals surface area contributed by atoms with Crippen LogP contribution in [0.2, 0.25) is 0 Å². The summed E-state index contributed by atoms with van der Waals surface area (Å²) in [5, 5.41) is 0. The number of methoxy groups -OCH3 is 1. The molecule has 0 aromatic heterocycles. The molecule has 19 heavy (non-hydrogen) atoms. The van der Waals surface area contributed by atoms with E-state index in [0.717, 1.165) is 38.2 Å². The lowest BCUT2D eigenvalue weighted by atomic mass is 10.0. The monoisotopic (exact) mass is 264 g/mol. The largest absolute Gasteiger partial charge is 0.496 e. The number of likely N-dealkylation sites (N-methyl/N-ethyl adjacent to an activating group) is 1. The second kappa shape index (κ2) is 8.18. The first-order valence-corrected chi connectivity index (χ1v) is 7.11. The predicted octanol–water partition coefficient (Wildman–Crippen LogP) is 2.53. The Morgan fingerprint density at radius 2 is 1.74 bits per heavy atom. The van der Waals surface area contributed by atoms with Crippen LogP contribution in [0.5, 0.6) is 5.75 Å². The van der Waals surface area contributed by atoms with Crippen molar-refractivity contribution in [1.29, 1.82) is 0 Å². The number of nitrogens with zero attached hydrogens (tertiary/aromatic N) is 1. The third-order valence-electron chi connectivity index (χ3n) is 3.50. The highest BCUT2D eigenvalue weighted by Gasteiger charge is 2.06. The van der Waals surface area contributed by atoms with E-state index in [4.69, 9.17) is 10.5 Å². The average molecular weight is 264 g/mol. The lowest BCUT2D eigenvalue weighted by molar-refractivity contribution is 0.330. The second-order valence-corrected chi connectivity index (χ2v) is 5.31. The van der Waals surface area contributed by atoms with Crippen LogP contribution in [0.3, 0.4) is 0 Å². The summed E-state index contributed by atoms with van der Waals surface area (Å²) < 4.78 is 5.40. The molecule has 0 unspecified atom stereocenters. The quantitative estimate of drug-likeness (QED) is 0.733. The average Bonchev–Trinajstić information content (AvgIpc) is 2.36. The van der Waals surface area contributed by atoms with Crippen molar-refractivity contribution in [3.8, 4) is 5.75 Å². The molecule has 108 valence electrons. The molecule has 2 N–H and O–H groups in total. The highest BCUT2D eigenvalue weighted by molar-refractivity contribution is 5.43. The molecule has 0 fully saturated rings. The maximum atomic E-state index is 5.51. The summed E-state index contributed by atoms with van der Waals surface area (Å²) in [5.74, 6) is 1.01. The summed E-state index contributed by atoms with van der Waals surface area (Å²) in [4.78, 5) is 2.38. The van der Waals surface area contributed by atoms with E-state index >= 15 is 0 Å². The van der Waals surface area contributed by atoms with Crippen molar-refractivity contribution in [2.24, 2.45) is 5.73 Å². The Morgan fingerprint density at radius 1 is 1.11 bits per heavy atom. The zero-order valence-corrected chi connectivity index (χ0v) is 12.8. The number of unbranched alkanes of at least 4 members (excludes halogenated alkanes) is 1. The van der Waals surface area contributed by atoms with E-state index in [-0.39, 0.29) is 0 Å². The fourth-order valence-electron chi connectivity index (χ4n) is 2.46. The molecule has 0 spiro atoms. The van der Waals surface area contributed by atoms with E-state index in [1.165, 1.54) is 23.1 Å². The van der Waals surface area contributed by atoms with E-state index in [1.807, 2.05) is 0 Å². The fraction of sp³-hybridized carbons (Fsp3) is 0.625. The van der Waals surface area contributed by atoms with Crippen LogP contribution in [0.4, 0.5) is 0 Å². The summed E-state index contributed by atoms with van der Waals surface area (Å²) in [5.41, 5.74) is 9.35. The van der Waals surface area contributed by atoms with Crippen LogP contribution in [0, 0.1) is 13.8 Å². The molecular weight excluding hydrogens is 236 g/mol. The SMILES string of the molecule is COc1c(C)cc(CCN(C)CCCCN)cc1C. The zero-order chi connectivity index (χ0) is 14.3. The maximum Gasteiger partial charge on any atom is 0.124 e. The van der Waals surface area contributed by atoms with Crippen LogP contribution in [0.1, 0.15) is 29.5 Å². The van der Waals surface area contributed by atoms with E-state index in [2.05, 4.69) is 37.9 Å². The summed E-state index contributed by atoms with van der Waals surface area (Å²) >= 11 is 0. The number of nitrogens with two attached hydrogens (primary N) is 1. The maximum absolute atomic E-state index is 5.51. The summed E-state index contributed by atoms with van der Waals surface area (Å²) in [6.07, 6.45) is 3.39. The van der Waals surface area contributed by atoms with Gasteiger partial charge >= 0.3 is 0 Å². The van der Waals surface area contributed by atoms with Gasteiger partial charge in [0.05, 0.1) is 7.11 Å². The zero-order valence-electron chi connectivity index (χ0n) is 12.8. The molecule has 0 bridgehead atoms. The topological polar surface area (TPSA) is 38.5 Å². The first-order valence-electron chi connectivity index (χ1n) is 7.11. The molecule has 0 radical (unpaired) electrons. The fourth-order valence-corrected chi connectivity index (χ4v) is 2.46. The molecule has 0 amide bonds. The molecule has 1 rings (SSSR count). The molecule has 1 aromatic carbocycles. The van der Waals surface area contributed by atoms with Crippen LogP contribution in [0.25, 0.3) is 0 Å². The van der Waals surface area contributed by atoms with Crippen molar-refractivity contribution in [3.05, 3.63) is 28.8 Å². The van der Waals surface area contributed by atoms with Crippen molar-refractivity contribution in [1.82, 2.24) is 4.90 Å². The highest BCUT2D eigenvalue weighted by Crippen LogP contribution is 2.24. The minimum Gasteiger partial charge on any atom is -0.496 e. The van der Waals surface area contributed by atoms with Crippen LogP contribution in [-0.4, -0.2) is 38.7 Å². The van der Waals surface area contributed by atoms with Crippen LogP contribution in [0.15, 0.2) is 12.1 Å². The molecule has 3 nitrogen and oxygen atoms in total. The van der Waals surface area contributed by atoms with Gasteiger partial charge in [0.15, 0.2) is 0 Å². The standard InChI is InChI=1S/C16H28N2O/c1-13-11-15(12-14(2)16(13)19-4)7-10-18(3)9-6-5-8-17/h11-12H,5-10,17H2,1-4H3. The normalized spacial score (nSPS) is 11.1. The number of rotatable bonds is 8. The van der Waals surface area contributed by atoms with Gasteiger partial charge in [-0.15, -0.1) is 0 Å². The third kappa shape index (κ3) is 5.21. The molecule has 0 heterocycles. The van der Waals surface area contributed by atoms with Crippen molar-refractivity contribution < 1.29 is 4.74 Å². The van der Waals surface area contributed by atoms with E-state index in [1.54, 1.807) is 7.11 Å². The lowest BCUT2D eigenvalue weighted by Gasteiger charge is -2.17. The van der Waals surface area contributed by atoms with Gasteiger partial charge in [-0.2, -0.15) is 0 Å². The molecular formula is C16H28N2O. The molecule has 0 saturated carbocycles. The number of ether oxygens (including phenoxy) is 1. The molecule has 3 heteroatoms. The Kier molecular flexibility index (Phi) is 6.89. The van der Waals surface area contributed by atoms with Gasteiger partial charge in [0.25, 0.3) is 0 Å². The van der Waals surface area contributed by atoms with E-state index in [0.29, 0.717) is 0 Å². The summed E-state index contributed by atoms with van der Waals surface area (Å²) in [7, 11) is 3.92. The Labute approximate surface area is 117 Å². The first kappa shape index (κ1) is 16.0. The second-order valence-electron chi connectivity index (χ2n) is 5.31. The first-order chi connectivity index (χ1) is 9.08. The van der Waals surface area contributed by atoms with Crippen molar-refractivity contribution >= 4 is 0 Å². The van der Waals surface area contributed by atoms with E-state index < -0.39 is 0 Å². The van der Waals surface area contributed by atoms with Crippen molar-refractivity contribution in [3.63, 3.8) is 0 Å². The molecule has 0 aliphatic rings. The van der Waals surface area contributed by atoms with Gasteiger partial charge in [-0.1, -0.05) is 12.1 Å². The van der Waals surface area contributed by atoms with Crippen molar-refractivity contribution in [2.45, 2.75) is 33.1 Å². The molecule has 0 saturated heterocycles. The Hall–Kier alpha value is -1.06. The van der Waals surface area contributed by atoms with Gasteiger partial charge in [-0.3, -0.25) is 0 Å². The Morgan fingerprint density at radius 3 is 2.26 bits per heavy atom. The van der Waals surface area contributed by atoms with Gasteiger partial charge < -0.3 is 15.4 Å². The predicted molar refractivity (Wildman–Crippen MR) is 82.0 cm³/mol. The van der Waals surface area contributed by atoms with Crippen LogP contribution >= 0.6 is 0 Å². The molecule has 0 atom stereocenters. The minimum atomic E-state index is 0.796. The summed E-state index contributed by atoms with van der Waals surface area (Å²) in [6.45, 7) is 7.24. The molecule has 1 aromatic rings. The number of aryl methyl sites for hydroxylation is 2. The minimum absolute atomic E-state index is 0.796. The Bertz CT molecular complexity index is 367. The molecule has 0 aliphatic heterocycles. The third-order valence-corrected chi connectivity index (χ3v) is 3.50. The number of benzene rings is 1. The van der Waals surface area contributed by atoms with E-state index in [9.17, 15) is 0 Å². The van der Waals surface area contributed by atoms with Crippen LogP contribution in [-0.2, 0) is 6.42 Å². The highest BCUT2D eigenvalue weighted by atomic mass is 16.5. The van der Waals surface area contributed by atoms with Gasteiger partial charge in [0.1, 0.15) is 5.75 Å². The summed E-state index contributed by atoms with van der Waals surface area (Å²) in [6, 6.07) is 4.47. The van der Waals surface area contributed by atoms with Gasteiger partial charge in [0.2, 0.25) is 0 Å². The van der Waals surface area contributed by atoms with Gasteiger partial charge in [-0.05, 0) is 69.9 Å².